The van der Waals surface area contributed by atoms with Crippen LogP contribution in [0, 0.1) is 0 Å². The van der Waals surface area contributed by atoms with Crippen LogP contribution in [0.25, 0.3) is 11.3 Å². The van der Waals surface area contributed by atoms with E-state index in [4.69, 9.17) is 16.3 Å². The molecule has 1 aliphatic heterocycles. The molecule has 2 aromatic carbocycles. The summed E-state index contributed by atoms with van der Waals surface area (Å²) in [4.78, 5) is 18.0. The third-order valence-corrected chi connectivity index (χ3v) is 5.36. The van der Waals surface area contributed by atoms with Crippen LogP contribution in [0.4, 0.5) is 5.13 Å². The highest BCUT2D eigenvalue weighted by Gasteiger charge is 2.23. The molecule has 1 aromatic heterocycles. The third kappa shape index (κ3) is 2.81. The van der Waals surface area contributed by atoms with Gasteiger partial charge in [0.1, 0.15) is 12.4 Å². The van der Waals surface area contributed by atoms with Gasteiger partial charge in [0.25, 0.3) is 5.91 Å². The third-order valence-electron chi connectivity index (χ3n) is 3.59. The quantitative estimate of drug-likeness (QED) is 0.605. The zero-order valence-corrected chi connectivity index (χ0v) is 15.3. The van der Waals surface area contributed by atoms with Crippen LogP contribution in [0.15, 0.2) is 46.9 Å². The number of benzene rings is 2. The minimum atomic E-state index is -0.290. The van der Waals surface area contributed by atoms with Crippen molar-refractivity contribution in [1.29, 1.82) is 0 Å². The topological polar surface area (TPSA) is 51.2 Å². The van der Waals surface area contributed by atoms with Crippen LogP contribution in [0.2, 0.25) is 5.02 Å². The van der Waals surface area contributed by atoms with Gasteiger partial charge in [-0.3, -0.25) is 10.1 Å². The van der Waals surface area contributed by atoms with E-state index in [9.17, 15) is 4.79 Å². The number of nitrogens with one attached hydrogen (secondary N) is 1. The van der Waals surface area contributed by atoms with E-state index in [2.05, 4.69) is 26.2 Å². The van der Waals surface area contributed by atoms with Gasteiger partial charge in [0.05, 0.1) is 21.2 Å². The van der Waals surface area contributed by atoms with Crippen molar-refractivity contribution in [3.8, 4) is 17.0 Å². The van der Waals surface area contributed by atoms with Crippen LogP contribution in [0.3, 0.4) is 0 Å². The van der Waals surface area contributed by atoms with Crippen LogP contribution in [-0.2, 0) is 6.61 Å². The number of aromatic nitrogens is 1. The normalized spacial score (nSPS) is 12.1. The highest BCUT2D eigenvalue weighted by molar-refractivity contribution is 9.10. The number of nitrogens with zero attached hydrogens (tertiary/aromatic N) is 1. The number of ether oxygens (including phenoxy) is 1. The molecule has 2 heterocycles. The Bertz CT molecular complexity index is 958. The lowest BCUT2D eigenvalue weighted by Crippen LogP contribution is -2.12. The van der Waals surface area contributed by atoms with E-state index in [1.807, 2.05) is 24.3 Å². The van der Waals surface area contributed by atoms with Crippen molar-refractivity contribution in [3.63, 3.8) is 0 Å². The van der Waals surface area contributed by atoms with Crippen LogP contribution in [0.1, 0.15) is 15.2 Å². The molecule has 7 heteroatoms. The van der Waals surface area contributed by atoms with Crippen molar-refractivity contribution in [2.24, 2.45) is 0 Å². The number of hydrogen-bond acceptors (Lipinski definition) is 4. The Hall–Kier alpha value is -1.89. The van der Waals surface area contributed by atoms with Crippen molar-refractivity contribution < 1.29 is 9.53 Å². The van der Waals surface area contributed by atoms with E-state index in [1.54, 1.807) is 18.2 Å². The van der Waals surface area contributed by atoms with Gasteiger partial charge in [-0.25, -0.2) is 4.98 Å². The number of fused-ring (bicyclic) bond motifs is 3. The predicted octanol–water partition coefficient (Wildman–Crippen LogP) is 5.37. The second kappa shape index (κ2) is 6.20. The first kappa shape index (κ1) is 15.6. The van der Waals surface area contributed by atoms with Crippen molar-refractivity contribution in [2.45, 2.75) is 6.61 Å². The first-order valence-corrected chi connectivity index (χ1v) is 9.09. The van der Waals surface area contributed by atoms with Crippen LogP contribution >= 0.6 is 38.9 Å². The maximum atomic E-state index is 12.5. The molecule has 24 heavy (non-hydrogen) atoms. The number of carbonyl (C=O) groups is 1. The molecule has 0 spiro atoms. The molecule has 3 aromatic rings. The molecule has 0 radical (unpaired) electrons. The second-order valence-corrected chi connectivity index (χ2v) is 7.56. The van der Waals surface area contributed by atoms with Crippen molar-refractivity contribution in [3.05, 3.63) is 62.4 Å². The fraction of sp³-hybridized carbons (Fsp3) is 0.0588. The Morgan fingerprint density at radius 2 is 2.12 bits per heavy atom. The largest absolute Gasteiger partial charge is 0.487 e. The van der Waals surface area contributed by atoms with Gasteiger partial charge in [0.2, 0.25) is 0 Å². The number of amides is 1. The zero-order valence-electron chi connectivity index (χ0n) is 12.2. The fourth-order valence-electron chi connectivity index (χ4n) is 2.48. The van der Waals surface area contributed by atoms with Gasteiger partial charge < -0.3 is 4.74 Å². The highest BCUT2D eigenvalue weighted by atomic mass is 79.9. The van der Waals surface area contributed by atoms with E-state index >= 15 is 0 Å². The lowest BCUT2D eigenvalue weighted by atomic mass is 10.1. The number of para-hydroxylation sites is 1. The van der Waals surface area contributed by atoms with Gasteiger partial charge in [-0.2, -0.15) is 0 Å². The summed E-state index contributed by atoms with van der Waals surface area (Å²) in [5.41, 5.74) is 2.20. The van der Waals surface area contributed by atoms with Gasteiger partial charge in [-0.15, -0.1) is 0 Å². The van der Waals surface area contributed by atoms with Crippen LogP contribution in [0.5, 0.6) is 5.75 Å². The average Bonchev–Trinajstić information content (AvgIpc) is 3.00. The lowest BCUT2D eigenvalue weighted by molar-refractivity contribution is 0.102. The molecule has 0 bridgehead atoms. The molecule has 1 amide bonds. The Morgan fingerprint density at radius 3 is 3.00 bits per heavy atom. The summed E-state index contributed by atoms with van der Waals surface area (Å²) in [7, 11) is 0. The minimum Gasteiger partial charge on any atom is -0.487 e. The number of anilines is 1. The molecule has 4 rings (SSSR count). The van der Waals surface area contributed by atoms with E-state index in [0.717, 1.165) is 26.4 Å². The van der Waals surface area contributed by atoms with Gasteiger partial charge in [-0.05, 0) is 30.3 Å². The summed E-state index contributed by atoms with van der Waals surface area (Å²) in [6.45, 7) is 0.456. The smallest absolute Gasteiger partial charge is 0.258 e. The summed E-state index contributed by atoms with van der Waals surface area (Å²) in [5.74, 6) is 0.518. The van der Waals surface area contributed by atoms with E-state index in [0.29, 0.717) is 22.3 Å². The second-order valence-electron chi connectivity index (χ2n) is 5.15. The molecule has 0 atom stereocenters. The fourth-order valence-corrected chi connectivity index (χ4v) is 3.93. The number of halogens is 2. The highest BCUT2D eigenvalue weighted by Crippen LogP contribution is 2.40. The molecule has 0 unspecified atom stereocenters. The summed E-state index contributed by atoms with van der Waals surface area (Å²) < 4.78 is 6.51. The maximum absolute atomic E-state index is 12.5. The summed E-state index contributed by atoms with van der Waals surface area (Å²) in [6, 6.07) is 12.9. The average molecular weight is 422 g/mol. The van der Waals surface area contributed by atoms with E-state index < -0.39 is 0 Å². The van der Waals surface area contributed by atoms with Gasteiger partial charge in [-0.1, -0.05) is 51.0 Å². The van der Waals surface area contributed by atoms with Crippen LogP contribution < -0.4 is 10.1 Å². The monoisotopic (exact) mass is 420 g/mol. The molecule has 0 saturated carbocycles. The Kier molecular flexibility index (Phi) is 4.04. The summed E-state index contributed by atoms with van der Waals surface area (Å²) in [6.07, 6.45) is 0. The maximum Gasteiger partial charge on any atom is 0.258 e. The van der Waals surface area contributed by atoms with Crippen molar-refractivity contribution in [2.75, 3.05) is 5.32 Å². The first-order chi connectivity index (χ1) is 11.6. The van der Waals surface area contributed by atoms with E-state index in [1.165, 1.54) is 11.3 Å². The van der Waals surface area contributed by atoms with E-state index in [-0.39, 0.29) is 5.91 Å². The molecule has 0 aliphatic carbocycles. The molecular formula is C17H10BrClN2O2S. The number of rotatable bonds is 2. The van der Waals surface area contributed by atoms with Crippen LogP contribution in [-0.4, -0.2) is 10.9 Å². The first-order valence-electron chi connectivity index (χ1n) is 7.10. The number of carbonyl (C=O) groups excluding carboxylic acids is 1. The summed E-state index contributed by atoms with van der Waals surface area (Å²) in [5, 5.41) is 3.75. The van der Waals surface area contributed by atoms with Gasteiger partial charge in [0.15, 0.2) is 5.13 Å². The van der Waals surface area contributed by atoms with Crippen molar-refractivity contribution in [1.82, 2.24) is 4.98 Å². The molecule has 0 fully saturated rings. The SMILES string of the molecule is O=C(Nc1nc2c(s1)COc1ccccc1-2)c1cc(Br)ccc1Cl. The van der Waals surface area contributed by atoms with Gasteiger partial charge in [0, 0.05) is 10.0 Å². The van der Waals surface area contributed by atoms with Gasteiger partial charge >= 0.3 is 0 Å². The molecule has 1 aliphatic rings. The molecule has 0 saturated heterocycles. The standard InChI is InChI=1S/C17H10BrClN2O2S/c18-9-5-6-12(19)11(7-9)16(22)21-17-20-15-10-3-1-2-4-13(10)23-8-14(15)24-17/h1-7H,8H2,(H,20,21,22). The Labute approximate surface area is 155 Å². The molecule has 120 valence electrons. The lowest BCUT2D eigenvalue weighted by Gasteiger charge is -2.15. The predicted molar refractivity (Wildman–Crippen MR) is 99.0 cm³/mol. The molecular weight excluding hydrogens is 412 g/mol. The number of thiazole rings is 1. The minimum absolute atomic E-state index is 0.290. The summed E-state index contributed by atoms with van der Waals surface area (Å²) >= 11 is 10.9. The molecule has 1 N–H and O–H groups in total. The zero-order chi connectivity index (χ0) is 16.7. The Balaban J connectivity index is 1.65. The Morgan fingerprint density at radius 1 is 1.29 bits per heavy atom. The molecule has 4 nitrogen and oxygen atoms in total. The van der Waals surface area contributed by atoms with Crippen molar-refractivity contribution >= 4 is 49.9 Å². The number of hydrogen-bond donors (Lipinski definition) is 1.